The predicted molar refractivity (Wildman–Crippen MR) is 136 cm³/mol. The average molecular weight is 447 g/mol. The molecule has 0 amide bonds. The van der Waals surface area contributed by atoms with Crippen LogP contribution >= 0.6 is 0 Å². The molecule has 3 heteroatoms. The molecular weight excluding hydrogens is 408 g/mol. The molecule has 0 saturated heterocycles. The normalized spacial score (nSPS) is 12.5. The smallest absolute Gasteiger partial charge is 0.201 e. The SMILES string of the molecule is CCCCCCCCC(c1ccccc1)C(OC)(OC)c1ccc(Oc2ccccc2)cc1. The van der Waals surface area contributed by atoms with Crippen molar-refractivity contribution in [2.24, 2.45) is 0 Å². The second kappa shape index (κ2) is 13.2. The molecule has 0 aliphatic heterocycles. The van der Waals surface area contributed by atoms with Gasteiger partial charge in [-0.1, -0.05) is 94.0 Å². The third kappa shape index (κ3) is 6.69. The molecule has 176 valence electrons. The zero-order valence-electron chi connectivity index (χ0n) is 20.3. The quantitative estimate of drug-likeness (QED) is 0.184. The van der Waals surface area contributed by atoms with Crippen LogP contribution in [-0.4, -0.2) is 14.2 Å². The van der Waals surface area contributed by atoms with Crippen molar-refractivity contribution < 1.29 is 14.2 Å². The lowest BCUT2D eigenvalue weighted by Gasteiger charge is -2.39. The fourth-order valence-electron chi connectivity index (χ4n) is 4.57. The van der Waals surface area contributed by atoms with Gasteiger partial charge in [0.25, 0.3) is 0 Å². The standard InChI is InChI=1S/C30H38O3/c1-4-5-6-7-8-15-20-29(25-16-11-9-12-17-25)30(31-2,32-3)26-21-23-28(24-22-26)33-27-18-13-10-14-19-27/h9-14,16-19,21-24,29H,4-8,15,20H2,1-3H3. The van der Waals surface area contributed by atoms with Gasteiger partial charge in [0.2, 0.25) is 5.79 Å². The summed E-state index contributed by atoms with van der Waals surface area (Å²) in [4.78, 5) is 0. The van der Waals surface area contributed by atoms with Crippen LogP contribution < -0.4 is 4.74 Å². The summed E-state index contributed by atoms with van der Waals surface area (Å²) in [6.07, 6.45) is 8.57. The van der Waals surface area contributed by atoms with Crippen molar-refractivity contribution >= 4 is 0 Å². The van der Waals surface area contributed by atoms with Crippen molar-refractivity contribution in [2.45, 2.75) is 63.6 Å². The lowest BCUT2D eigenvalue weighted by Crippen LogP contribution is -2.38. The summed E-state index contributed by atoms with van der Waals surface area (Å²) in [5.74, 6) is 0.829. The second-order valence-electron chi connectivity index (χ2n) is 8.53. The van der Waals surface area contributed by atoms with Crippen LogP contribution in [0, 0.1) is 0 Å². The molecule has 0 fully saturated rings. The number of benzene rings is 3. The Kier molecular flexibility index (Phi) is 9.99. The molecule has 0 spiro atoms. The van der Waals surface area contributed by atoms with Crippen molar-refractivity contribution in [1.82, 2.24) is 0 Å². The largest absolute Gasteiger partial charge is 0.457 e. The van der Waals surface area contributed by atoms with Gasteiger partial charge in [-0.2, -0.15) is 0 Å². The molecule has 0 aliphatic carbocycles. The van der Waals surface area contributed by atoms with Crippen molar-refractivity contribution in [3.8, 4) is 11.5 Å². The molecule has 3 aromatic carbocycles. The fraction of sp³-hybridized carbons (Fsp3) is 0.400. The highest BCUT2D eigenvalue weighted by Crippen LogP contribution is 2.44. The van der Waals surface area contributed by atoms with E-state index in [2.05, 4.69) is 49.4 Å². The lowest BCUT2D eigenvalue weighted by molar-refractivity contribution is -0.233. The molecule has 3 rings (SSSR count). The topological polar surface area (TPSA) is 27.7 Å². The molecule has 0 radical (unpaired) electrons. The summed E-state index contributed by atoms with van der Waals surface area (Å²) in [6.45, 7) is 2.26. The summed E-state index contributed by atoms with van der Waals surface area (Å²) < 4.78 is 18.3. The van der Waals surface area contributed by atoms with Crippen LogP contribution in [0.25, 0.3) is 0 Å². The minimum Gasteiger partial charge on any atom is -0.457 e. The van der Waals surface area contributed by atoms with Crippen LogP contribution in [0.4, 0.5) is 0 Å². The monoisotopic (exact) mass is 446 g/mol. The van der Waals surface area contributed by atoms with Gasteiger partial charge in [0.15, 0.2) is 0 Å². The van der Waals surface area contributed by atoms with Crippen molar-refractivity contribution in [1.29, 1.82) is 0 Å². The molecule has 0 aliphatic rings. The van der Waals surface area contributed by atoms with Gasteiger partial charge in [-0.25, -0.2) is 0 Å². The average Bonchev–Trinajstić information content (AvgIpc) is 2.87. The van der Waals surface area contributed by atoms with E-state index in [1.807, 2.05) is 42.5 Å². The first-order valence-corrected chi connectivity index (χ1v) is 12.2. The van der Waals surface area contributed by atoms with Gasteiger partial charge in [-0.05, 0) is 48.4 Å². The Morgan fingerprint density at radius 1 is 0.636 bits per heavy atom. The van der Waals surface area contributed by atoms with E-state index in [1.165, 1.54) is 37.7 Å². The summed E-state index contributed by atoms with van der Waals surface area (Å²) in [5, 5.41) is 0. The highest BCUT2D eigenvalue weighted by molar-refractivity contribution is 5.36. The van der Waals surface area contributed by atoms with Gasteiger partial charge in [0, 0.05) is 25.7 Å². The molecule has 3 aromatic rings. The van der Waals surface area contributed by atoms with Crippen molar-refractivity contribution in [2.75, 3.05) is 14.2 Å². The summed E-state index contributed by atoms with van der Waals surface area (Å²) in [7, 11) is 3.49. The van der Waals surface area contributed by atoms with Gasteiger partial charge in [0.1, 0.15) is 11.5 Å². The molecule has 0 aromatic heterocycles. The number of para-hydroxylation sites is 1. The Bertz CT molecular complexity index is 902. The van der Waals surface area contributed by atoms with Crippen LogP contribution in [0.1, 0.15) is 68.9 Å². The molecule has 0 bridgehead atoms. The highest BCUT2D eigenvalue weighted by atomic mass is 16.7. The molecule has 0 N–H and O–H groups in total. The van der Waals surface area contributed by atoms with Gasteiger partial charge < -0.3 is 14.2 Å². The van der Waals surface area contributed by atoms with E-state index in [0.29, 0.717) is 0 Å². The molecule has 33 heavy (non-hydrogen) atoms. The molecule has 1 unspecified atom stereocenters. The number of hydrogen-bond acceptors (Lipinski definition) is 3. The summed E-state index contributed by atoms with van der Waals surface area (Å²) in [6, 6.07) is 28.5. The summed E-state index contributed by atoms with van der Waals surface area (Å²) >= 11 is 0. The van der Waals surface area contributed by atoms with E-state index in [-0.39, 0.29) is 5.92 Å². The first-order chi connectivity index (χ1) is 16.2. The lowest BCUT2D eigenvalue weighted by atomic mass is 9.81. The van der Waals surface area contributed by atoms with Crippen molar-refractivity contribution in [3.05, 3.63) is 96.1 Å². The maximum atomic E-state index is 6.18. The van der Waals surface area contributed by atoms with E-state index in [0.717, 1.165) is 29.9 Å². The van der Waals surface area contributed by atoms with Gasteiger partial charge in [-0.15, -0.1) is 0 Å². The fourth-order valence-corrected chi connectivity index (χ4v) is 4.57. The molecule has 1 atom stereocenters. The number of ether oxygens (including phenoxy) is 3. The first-order valence-electron chi connectivity index (χ1n) is 12.2. The Hall–Kier alpha value is -2.62. The maximum absolute atomic E-state index is 6.18. The van der Waals surface area contributed by atoms with E-state index in [4.69, 9.17) is 14.2 Å². The van der Waals surface area contributed by atoms with Crippen LogP contribution in [-0.2, 0) is 15.3 Å². The molecule has 3 nitrogen and oxygen atoms in total. The van der Waals surface area contributed by atoms with Gasteiger partial charge in [-0.3, -0.25) is 0 Å². The summed E-state index contributed by atoms with van der Waals surface area (Å²) in [5.41, 5.74) is 2.23. The van der Waals surface area contributed by atoms with Crippen molar-refractivity contribution in [3.63, 3.8) is 0 Å². The molecular formula is C30H38O3. The van der Waals surface area contributed by atoms with Crippen LogP contribution in [0.2, 0.25) is 0 Å². The Labute approximate surface area is 199 Å². The second-order valence-corrected chi connectivity index (χ2v) is 8.53. The highest BCUT2D eigenvalue weighted by Gasteiger charge is 2.41. The Morgan fingerprint density at radius 2 is 1.18 bits per heavy atom. The minimum atomic E-state index is -0.865. The molecule has 0 saturated carbocycles. The van der Waals surface area contributed by atoms with Crippen LogP contribution in [0.15, 0.2) is 84.9 Å². The third-order valence-corrected chi connectivity index (χ3v) is 6.35. The predicted octanol–water partition coefficient (Wildman–Crippen LogP) is 8.46. The zero-order valence-corrected chi connectivity index (χ0v) is 20.3. The van der Waals surface area contributed by atoms with E-state index >= 15 is 0 Å². The van der Waals surface area contributed by atoms with Gasteiger partial charge in [0.05, 0.1) is 0 Å². The molecule has 0 heterocycles. The number of rotatable bonds is 14. The number of methoxy groups -OCH3 is 2. The first kappa shape index (κ1) is 25.0. The zero-order chi connectivity index (χ0) is 23.4. The van der Waals surface area contributed by atoms with Gasteiger partial charge >= 0.3 is 0 Å². The van der Waals surface area contributed by atoms with Crippen LogP contribution in [0.3, 0.4) is 0 Å². The van der Waals surface area contributed by atoms with Crippen LogP contribution in [0.5, 0.6) is 11.5 Å². The number of unbranched alkanes of at least 4 members (excludes halogenated alkanes) is 5. The number of hydrogen-bond donors (Lipinski definition) is 0. The third-order valence-electron chi connectivity index (χ3n) is 6.35. The van der Waals surface area contributed by atoms with E-state index < -0.39 is 5.79 Å². The Balaban J connectivity index is 1.82. The van der Waals surface area contributed by atoms with E-state index in [9.17, 15) is 0 Å². The Morgan fingerprint density at radius 3 is 1.79 bits per heavy atom. The minimum absolute atomic E-state index is 0.0840. The maximum Gasteiger partial charge on any atom is 0.201 e. The van der Waals surface area contributed by atoms with E-state index in [1.54, 1.807) is 14.2 Å².